The minimum absolute atomic E-state index is 0.343. The van der Waals surface area contributed by atoms with E-state index in [2.05, 4.69) is 23.9 Å². The van der Waals surface area contributed by atoms with E-state index in [1.807, 2.05) is 13.8 Å². The van der Waals surface area contributed by atoms with Crippen LogP contribution in [0.2, 0.25) is 0 Å². The average molecular weight is 197 g/mol. The van der Waals surface area contributed by atoms with Gasteiger partial charge in [0.25, 0.3) is 0 Å². The van der Waals surface area contributed by atoms with Crippen molar-refractivity contribution in [1.29, 1.82) is 0 Å². The van der Waals surface area contributed by atoms with Gasteiger partial charge in [-0.25, -0.2) is 4.99 Å². The van der Waals surface area contributed by atoms with Gasteiger partial charge in [0, 0.05) is 6.08 Å². The zero-order valence-corrected chi connectivity index (χ0v) is 8.65. The zero-order valence-electron chi connectivity index (χ0n) is 7.89. The quantitative estimate of drug-likeness (QED) is 0.421. The minimum Gasteiger partial charge on any atom is -0.397 e. The van der Waals surface area contributed by atoms with Crippen LogP contribution in [0.25, 0.3) is 0 Å². The Labute approximate surface area is 83.8 Å². The van der Waals surface area contributed by atoms with Crippen molar-refractivity contribution < 1.29 is 0 Å². The lowest BCUT2D eigenvalue weighted by Gasteiger charge is -1.99. The molecule has 2 N–H and O–H groups in total. The molecule has 0 aliphatic rings. The first-order valence-corrected chi connectivity index (χ1v) is 4.09. The van der Waals surface area contributed by atoms with E-state index in [4.69, 9.17) is 17.3 Å². The molecule has 0 radical (unpaired) electrons. The lowest BCUT2D eigenvalue weighted by molar-refractivity contribution is 1.30. The van der Waals surface area contributed by atoms with Crippen LogP contribution in [0.4, 0.5) is 0 Å². The summed E-state index contributed by atoms with van der Waals surface area (Å²) in [7, 11) is 0. The van der Waals surface area contributed by atoms with E-state index in [0.29, 0.717) is 16.6 Å². The molecule has 2 nitrogen and oxygen atoms in total. The normalized spacial score (nSPS) is 10.2. The summed E-state index contributed by atoms with van der Waals surface area (Å²) in [6.07, 6.45) is 1.54. The van der Waals surface area contributed by atoms with Gasteiger partial charge >= 0.3 is 0 Å². The Morgan fingerprint density at radius 3 is 2.38 bits per heavy atom. The first-order chi connectivity index (χ1) is 5.99. The van der Waals surface area contributed by atoms with Gasteiger partial charge in [0.1, 0.15) is 5.16 Å². The van der Waals surface area contributed by atoms with Crippen LogP contribution in [0.5, 0.6) is 0 Å². The predicted molar refractivity (Wildman–Crippen MR) is 58.7 cm³/mol. The van der Waals surface area contributed by atoms with Crippen LogP contribution in [0, 0.1) is 0 Å². The fourth-order valence-corrected chi connectivity index (χ4v) is 0.602. The van der Waals surface area contributed by atoms with E-state index in [0.717, 1.165) is 5.57 Å². The number of nitrogens with zero attached hydrogens (tertiary/aromatic N) is 1. The summed E-state index contributed by atoms with van der Waals surface area (Å²) < 4.78 is 0. The van der Waals surface area contributed by atoms with Crippen molar-refractivity contribution in [2.45, 2.75) is 13.8 Å². The Morgan fingerprint density at radius 1 is 1.54 bits per heavy atom. The van der Waals surface area contributed by atoms with Crippen LogP contribution in [0.1, 0.15) is 13.8 Å². The average Bonchev–Trinajstić information content (AvgIpc) is 2.03. The van der Waals surface area contributed by atoms with Gasteiger partial charge in [0.05, 0.1) is 11.4 Å². The van der Waals surface area contributed by atoms with Crippen molar-refractivity contribution >= 4 is 17.3 Å². The van der Waals surface area contributed by atoms with Crippen molar-refractivity contribution in [1.82, 2.24) is 0 Å². The van der Waals surface area contributed by atoms with E-state index < -0.39 is 0 Å². The van der Waals surface area contributed by atoms with E-state index in [-0.39, 0.29) is 0 Å². The van der Waals surface area contributed by atoms with Crippen LogP contribution in [0.3, 0.4) is 0 Å². The summed E-state index contributed by atoms with van der Waals surface area (Å²) in [4.78, 5) is 4.04. The van der Waals surface area contributed by atoms with Crippen molar-refractivity contribution in [3.8, 4) is 0 Å². The fraction of sp³-hybridized carbons (Fsp3) is 0.200. The largest absolute Gasteiger partial charge is 0.397 e. The zero-order chi connectivity index (χ0) is 10.4. The summed E-state index contributed by atoms with van der Waals surface area (Å²) in [6, 6.07) is 0. The summed E-state index contributed by atoms with van der Waals surface area (Å²) >= 11 is 5.82. The number of hydrogen-bond acceptors (Lipinski definition) is 2. The molecule has 0 aromatic heterocycles. The van der Waals surface area contributed by atoms with Crippen LogP contribution in [-0.4, -0.2) is 5.71 Å². The smallest absolute Gasteiger partial charge is 0.128 e. The van der Waals surface area contributed by atoms with Crippen molar-refractivity contribution in [2.75, 3.05) is 0 Å². The lowest BCUT2D eigenvalue weighted by atomic mass is 10.3. The second-order valence-electron chi connectivity index (χ2n) is 2.66. The molecule has 0 rings (SSSR count). The topological polar surface area (TPSA) is 38.4 Å². The Bertz CT molecular complexity index is 310. The van der Waals surface area contributed by atoms with Gasteiger partial charge in [-0.15, -0.1) is 5.73 Å². The van der Waals surface area contributed by atoms with Gasteiger partial charge in [0.15, 0.2) is 0 Å². The highest BCUT2D eigenvalue weighted by atomic mass is 35.5. The van der Waals surface area contributed by atoms with E-state index in [9.17, 15) is 0 Å². The molecule has 0 amide bonds. The highest BCUT2D eigenvalue weighted by Crippen LogP contribution is 2.11. The van der Waals surface area contributed by atoms with Crippen LogP contribution < -0.4 is 5.73 Å². The van der Waals surface area contributed by atoms with E-state index in [1.165, 1.54) is 6.08 Å². The molecule has 13 heavy (non-hydrogen) atoms. The lowest BCUT2D eigenvalue weighted by Crippen LogP contribution is -2.06. The second-order valence-corrected chi connectivity index (χ2v) is 3.02. The van der Waals surface area contributed by atoms with Gasteiger partial charge in [-0.05, 0) is 19.4 Å². The number of allylic oxidation sites excluding steroid dienone is 2. The number of hydrogen-bond donors (Lipinski definition) is 1. The van der Waals surface area contributed by atoms with Crippen molar-refractivity contribution in [3.63, 3.8) is 0 Å². The second kappa shape index (κ2) is 5.41. The van der Waals surface area contributed by atoms with Gasteiger partial charge in [-0.2, -0.15) is 0 Å². The highest BCUT2D eigenvalue weighted by molar-refractivity contribution is 6.31. The molecule has 70 valence electrons. The molecule has 0 aliphatic carbocycles. The molecule has 0 unspecified atom stereocenters. The van der Waals surface area contributed by atoms with Crippen molar-refractivity contribution in [2.24, 2.45) is 10.7 Å². The van der Waals surface area contributed by atoms with E-state index >= 15 is 0 Å². The molecule has 0 aliphatic heterocycles. The molecule has 0 saturated carbocycles. The molecule has 0 bridgehead atoms. The molecule has 0 heterocycles. The summed E-state index contributed by atoms with van der Waals surface area (Å²) in [5, 5.41) is 0.410. The monoisotopic (exact) mass is 196 g/mol. The third-order valence-corrected chi connectivity index (χ3v) is 1.66. The van der Waals surface area contributed by atoms with Gasteiger partial charge in [-0.3, -0.25) is 0 Å². The number of nitrogens with two attached hydrogens (primary N) is 1. The predicted octanol–water partition coefficient (Wildman–Crippen LogP) is 2.73. The molecule has 0 atom stereocenters. The Kier molecular flexibility index (Phi) is 4.90. The third-order valence-electron chi connectivity index (χ3n) is 1.20. The highest BCUT2D eigenvalue weighted by Gasteiger charge is 1.98. The van der Waals surface area contributed by atoms with E-state index in [1.54, 1.807) is 0 Å². The molecule has 0 aromatic rings. The maximum Gasteiger partial charge on any atom is 0.128 e. The summed E-state index contributed by atoms with van der Waals surface area (Å²) in [5.74, 6) is 0. The van der Waals surface area contributed by atoms with Gasteiger partial charge in [-0.1, -0.05) is 24.8 Å². The third kappa shape index (κ3) is 4.36. The van der Waals surface area contributed by atoms with Crippen molar-refractivity contribution in [3.05, 3.63) is 41.4 Å². The standard InChI is InChI=1S/C10H13ClN2/c1-5-6-9(8(4)12)13-10(11)7(2)3/h6H,1,4,12H2,2-3H3/b13-9-. The maximum absolute atomic E-state index is 5.82. The molecule has 3 heteroatoms. The Hall–Kier alpha value is -1.24. The molecular weight excluding hydrogens is 184 g/mol. The summed E-state index contributed by atoms with van der Waals surface area (Å²) in [5.41, 5.74) is 9.78. The van der Waals surface area contributed by atoms with Crippen LogP contribution in [0.15, 0.2) is 46.4 Å². The number of aliphatic imine (C=N–C) groups is 1. The summed E-state index contributed by atoms with van der Waals surface area (Å²) in [6.45, 7) is 10.7. The molecule has 0 aromatic carbocycles. The molecule has 0 spiro atoms. The van der Waals surface area contributed by atoms with Crippen LogP contribution >= 0.6 is 11.6 Å². The number of rotatable bonds is 3. The first kappa shape index (κ1) is 11.8. The molecular formula is C10H13ClN2. The minimum atomic E-state index is 0.343. The van der Waals surface area contributed by atoms with Gasteiger partial charge in [0.2, 0.25) is 0 Å². The number of halogens is 1. The first-order valence-electron chi connectivity index (χ1n) is 3.71. The Balaban J connectivity index is 5.07. The fourth-order valence-electron chi connectivity index (χ4n) is 0.511. The molecule has 0 saturated heterocycles. The SMILES string of the molecule is C=C=C/C(=N/C(Cl)=C(C)C)C(=C)N. The maximum atomic E-state index is 5.82. The van der Waals surface area contributed by atoms with Crippen LogP contribution in [-0.2, 0) is 0 Å². The molecule has 0 fully saturated rings. The van der Waals surface area contributed by atoms with Gasteiger partial charge < -0.3 is 5.73 Å². The Morgan fingerprint density at radius 2 is 2.08 bits per heavy atom.